The fourth-order valence-electron chi connectivity index (χ4n) is 5.39. The third kappa shape index (κ3) is 3.80. The maximum Gasteiger partial charge on any atom is 0.163 e. The summed E-state index contributed by atoms with van der Waals surface area (Å²) in [5, 5.41) is 0. The molecule has 1 heterocycles. The predicted molar refractivity (Wildman–Crippen MR) is 149 cm³/mol. The van der Waals surface area contributed by atoms with Crippen LogP contribution in [-0.4, -0.2) is 15.0 Å². The fraction of sp³-hybridized carbons (Fsp3) is 0.242. The van der Waals surface area contributed by atoms with E-state index in [0.29, 0.717) is 0 Å². The van der Waals surface area contributed by atoms with E-state index in [0.717, 1.165) is 41.4 Å². The Morgan fingerprint density at radius 1 is 0.694 bits per heavy atom. The number of hydrogen-bond donors (Lipinski definition) is 0. The van der Waals surface area contributed by atoms with Crippen molar-refractivity contribution in [2.24, 2.45) is 0 Å². The molecule has 6 rings (SSSR count). The Hall–Kier alpha value is -3.85. The molecule has 3 nitrogen and oxygen atoms in total. The SMILES string of the molecule is CC(C)c1nc(-c2ccc(C3=CCCC=C3)cc2)nc(-c2ccc3c(c2)C(C)(C)c2ccccc2-3)n1. The van der Waals surface area contributed by atoms with Crippen molar-refractivity contribution in [1.29, 1.82) is 0 Å². The maximum absolute atomic E-state index is 4.97. The van der Waals surface area contributed by atoms with Gasteiger partial charge in [-0.05, 0) is 52.3 Å². The molecule has 2 aliphatic carbocycles. The average Bonchev–Trinajstić information content (AvgIpc) is 3.15. The molecule has 0 amide bonds. The molecule has 3 heteroatoms. The van der Waals surface area contributed by atoms with Crippen molar-refractivity contribution in [3.8, 4) is 33.9 Å². The quantitative estimate of drug-likeness (QED) is 0.301. The zero-order chi connectivity index (χ0) is 24.9. The number of aromatic nitrogens is 3. The average molecular weight is 470 g/mol. The summed E-state index contributed by atoms with van der Waals surface area (Å²) in [4.78, 5) is 14.7. The Bertz CT molecular complexity index is 1520. The highest BCUT2D eigenvalue weighted by Crippen LogP contribution is 2.49. The van der Waals surface area contributed by atoms with E-state index in [1.807, 2.05) is 0 Å². The number of rotatable bonds is 4. The lowest BCUT2D eigenvalue weighted by Gasteiger charge is -2.21. The van der Waals surface area contributed by atoms with Gasteiger partial charge in [0.1, 0.15) is 5.82 Å². The monoisotopic (exact) mass is 469 g/mol. The second-order valence-corrected chi connectivity index (χ2v) is 10.6. The Morgan fingerprint density at radius 2 is 1.36 bits per heavy atom. The van der Waals surface area contributed by atoms with Gasteiger partial charge in [-0.1, -0.05) is 107 Å². The first-order valence-corrected chi connectivity index (χ1v) is 12.9. The third-order valence-electron chi connectivity index (χ3n) is 7.48. The predicted octanol–water partition coefficient (Wildman–Crippen LogP) is 8.37. The van der Waals surface area contributed by atoms with Crippen molar-refractivity contribution in [3.05, 3.63) is 107 Å². The first-order chi connectivity index (χ1) is 17.4. The minimum Gasteiger partial charge on any atom is -0.213 e. The largest absolute Gasteiger partial charge is 0.213 e. The summed E-state index contributed by atoms with van der Waals surface area (Å²) >= 11 is 0. The lowest BCUT2D eigenvalue weighted by Crippen LogP contribution is -2.15. The van der Waals surface area contributed by atoms with E-state index in [1.165, 1.54) is 33.4 Å². The van der Waals surface area contributed by atoms with Gasteiger partial charge in [0.15, 0.2) is 11.6 Å². The van der Waals surface area contributed by atoms with Crippen LogP contribution in [0.2, 0.25) is 0 Å². The lowest BCUT2D eigenvalue weighted by molar-refractivity contribution is 0.660. The van der Waals surface area contributed by atoms with Crippen LogP contribution in [0.1, 0.15) is 69.0 Å². The van der Waals surface area contributed by atoms with Gasteiger partial charge < -0.3 is 0 Å². The molecule has 0 bridgehead atoms. The van der Waals surface area contributed by atoms with E-state index < -0.39 is 0 Å². The Morgan fingerprint density at radius 3 is 2.08 bits per heavy atom. The van der Waals surface area contributed by atoms with Gasteiger partial charge in [0, 0.05) is 22.5 Å². The molecule has 36 heavy (non-hydrogen) atoms. The molecule has 3 aromatic carbocycles. The van der Waals surface area contributed by atoms with E-state index >= 15 is 0 Å². The molecule has 0 atom stereocenters. The Balaban J connectivity index is 1.42. The number of hydrogen-bond acceptors (Lipinski definition) is 3. The minimum atomic E-state index is -0.0588. The summed E-state index contributed by atoms with van der Waals surface area (Å²) in [7, 11) is 0. The second-order valence-electron chi connectivity index (χ2n) is 10.6. The minimum absolute atomic E-state index is 0.0588. The smallest absolute Gasteiger partial charge is 0.163 e. The highest BCUT2D eigenvalue weighted by molar-refractivity contribution is 5.83. The maximum atomic E-state index is 4.97. The summed E-state index contributed by atoms with van der Waals surface area (Å²) in [5.41, 5.74) is 9.84. The van der Waals surface area contributed by atoms with E-state index in [9.17, 15) is 0 Å². The first kappa shape index (κ1) is 22.6. The fourth-order valence-corrected chi connectivity index (χ4v) is 5.39. The van der Waals surface area contributed by atoms with Gasteiger partial charge in [0.25, 0.3) is 0 Å². The van der Waals surface area contributed by atoms with E-state index in [-0.39, 0.29) is 11.3 Å². The first-order valence-electron chi connectivity index (χ1n) is 12.9. The summed E-state index contributed by atoms with van der Waals surface area (Å²) in [6.45, 7) is 8.88. The van der Waals surface area contributed by atoms with Gasteiger partial charge in [0.2, 0.25) is 0 Å². The summed E-state index contributed by atoms with van der Waals surface area (Å²) in [5.74, 6) is 2.49. The molecular weight excluding hydrogens is 438 g/mol. The molecule has 0 spiro atoms. The van der Waals surface area contributed by atoms with Crippen molar-refractivity contribution < 1.29 is 0 Å². The molecule has 0 fully saturated rings. The molecule has 0 saturated heterocycles. The lowest BCUT2D eigenvalue weighted by atomic mass is 9.82. The Labute approximate surface area is 213 Å². The van der Waals surface area contributed by atoms with Crippen molar-refractivity contribution in [1.82, 2.24) is 15.0 Å². The molecule has 1 aromatic heterocycles. The highest BCUT2D eigenvalue weighted by atomic mass is 15.0. The summed E-state index contributed by atoms with van der Waals surface area (Å²) in [6.07, 6.45) is 8.99. The van der Waals surface area contributed by atoms with E-state index in [2.05, 4.69) is 113 Å². The van der Waals surface area contributed by atoms with E-state index in [1.54, 1.807) is 0 Å². The normalized spacial score (nSPS) is 15.5. The molecular formula is C33H31N3. The number of allylic oxidation sites excluding steroid dienone is 4. The molecule has 0 unspecified atom stereocenters. The second kappa shape index (κ2) is 8.67. The molecule has 4 aromatic rings. The molecule has 2 aliphatic rings. The van der Waals surface area contributed by atoms with Crippen LogP contribution in [0.5, 0.6) is 0 Å². The van der Waals surface area contributed by atoms with Crippen molar-refractivity contribution in [3.63, 3.8) is 0 Å². The van der Waals surface area contributed by atoms with Gasteiger partial charge in [0.05, 0.1) is 0 Å². The Kier molecular flexibility index (Phi) is 5.44. The summed E-state index contributed by atoms with van der Waals surface area (Å²) < 4.78 is 0. The van der Waals surface area contributed by atoms with Gasteiger partial charge in [-0.2, -0.15) is 0 Å². The third-order valence-corrected chi connectivity index (χ3v) is 7.48. The van der Waals surface area contributed by atoms with Crippen LogP contribution in [-0.2, 0) is 5.41 Å². The standard InChI is InChI=1S/C33H31N3/c1-21(2)30-34-31(24-16-14-23(15-17-24)22-10-6-5-7-11-22)36-32(35-30)25-18-19-27-26-12-8-9-13-28(26)33(3,4)29(27)20-25/h6,8-21H,5,7H2,1-4H3. The zero-order valence-corrected chi connectivity index (χ0v) is 21.4. The van der Waals surface area contributed by atoms with Crippen molar-refractivity contribution in [2.75, 3.05) is 0 Å². The molecule has 0 saturated carbocycles. The molecule has 0 radical (unpaired) electrons. The molecule has 0 N–H and O–H groups in total. The van der Waals surface area contributed by atoms with Crippen LogP contribution in [0, 0.1) is 0 Å². The summed E-state index contributed by atoms with van der Waals surface area (Å²) in [6, 6.07) is 24.0. The van der Waals surface area contributed by atoms with Gasteiger partial charge in [-0.25, -0.2) is 15.0 Å². The van der Waals surface area contributed by atoms with Crippen molar-refractivity contribution in [2.45, 2.75) is 51.9 Å². The van der Waals surface area contributed by atoms with Crippen LogP contribution in [0.25, 0.3) is 39.5 Å². The van der Waals surface area contributed by atoms with Crippen LogP contribution >= 0.6 is 0 Å². The van der Waals surface area contributed by atoms with Crippen LogP contribution in [0.4, 0.5) is 0 Å². The van der Waals surface area contributed by atoms with E-state index in [4.69, 9.17) is 15.0 Å². The number of benzene rings is 3. The zero-order valence-electron chi connectivity index (χ0n) is 21.4. The number of nitrogens with zero attached hydrogens (tertiary/aromatic N) is 3. The van der Waals surface area contributed by atoms with Crippen LogP contribution in [0.3, 0.4) is 0 Å². The number of fused-ring (bicyclic) bond motifs is 3. The van der Waals surface area contributed by atoms with Gasteiger partial charge in [-0.15, -0.1) is 0 Å². The van der Waals surface area contributed by atoms with Gasteiger partial charge >= 0.3 is 0 Å². The molecule has 178 valence electrons. The highest BCUT2D eigenvalue weighted by Gasteiger charge is 2.35. The van der Waals surface area contributed by atoms with Crippen LogP contribution in [0.15, 0.2) is 85.0 Å². The van der Waals surface area contributed by atoms with Crippen LogP contribution < -0.4 is 0 Å². The molecule has 0 aliphatic heterocycles. The van der Waals surface area contributed by atoms with Gasteiger partial charge in [-0.3, -0.25) is 0 Å². The topological polar surface area (TPSA) is 38.7 Å². The van der Waals surface area contributed by atoms with Crippen molar-refractivity contribution >= 4 is 5.57 Å².